The minimum Gasteiger partial charge on any atom is -0.497 e. The monoisotopic (exact) mass is 419 g/mol. The van der Waals surface area contributed by atoms with E-state index in [2.05, 4.69) is 20.8 Å². The van der Waals surface area contributed by atoms with Gasteiger partial charge in [0.05, 0.1) is 30.7 Å². The summed E-state index contributed by atoms with van der Waals surface area (Å²) < 4.78 is 38.1. The molecule has 0 spiro atoms. The van der Waals surface area contributed by atoms with E-state index in [1.54, 1.807) is 50.4 Å². The van der Waals surface area contributed by atoms with Crippen LogP contribution in [0.4, 0.5) is 5.69 Å². The minimum absolute atomic E-state index is 0.0193. The van der Waals surface area contributed by atoms with Crippen LogP contribution in [0.2, 0.25) is 0 Å². The zero-order valence-electron chi connectivity index (χ0n) is 17.6. The van der Waals surface area contributed by atoms with Gasteiger partial charge in [-0.3, -0.25) is 9.10 Å². The number of rotatable bonds is 8. The molecule has 158 valence electrons. The van der Waals surface area contributed by atoms with Crippen molar-refractivity contribution >= 4 is 21.7 Å². The predicted molar refractivity (Wildman–Crippen MR) is 114 cm³/mol. The fourth-order valence-corrected chi connectivity index (χ4v) is 4.28. The van der Waals surface area contributed by atoms with Crippen LogP contribution >= 0.6 is 0 Å². The number of nitrogens with zero attached hydrogens (tertiary/aromatic N) is 1. The summed E-state index contributed by atoms with van der Waals surface area (Å²) in [6.45, 7) is 8.15. The van der Waals surface area contributed by atoms with Crippen LogP contribution < -0.4 is 9.04 Å². The summed E-state index contributed by atoms with van der Waals surface area (Å²) in [7, 11) is -2.32. The first-order chi connectivity index (χ1) is 13.6. The van der Waals surface area contributed by atoms with Gasteiger partial charge in [0.1, 0.15) is 5.75 Å². The average Bonchev–Trinajstić information content (AvgIpc) is 2.68. The normalized spacial score (nSPS) is 11.8. The highest BCUT2D eigenvalue weighted by Gasteiger charge is 2.26. The van der Waals surface area contributed by atoms with Crippen molar-refractivity contribution in [1.82, 2.24) is 0 Å². The van der Waals surface area contributed by atoms with E-state index in [-0.39, 0.29) is 29.9 Å². The molecule has 6 nitrogen and oxygen atoms in total. The summed E-state index contributed by atoms with van der Waals surface area (Å²) in [5.74, 6) is 0.176. The van der Waals surface area contributed by atoms with E-state index in [0.29, 0.717) is 11.4 Å². The zero-order chi connectivity index (χ0) is 21.7. The third-order valence-corrected chi connectivity index (χ3v) is 6.33. The fraction of sp³-hybridized carbons (Fsp3) is 0.409. The Balaban J connectivity index is 2.40. The first kappa shape index (κ1) is 22.7. The molecule has 0 aliphatic heterocycles. The summed E-state index contributed by atoms with van der Waals surface area (Å²) in [4.78, 5) is 12.0. The number of benzene rings is 2. The Morgan fingerprint density at radius 3 is 2.07 bits per heavy atom. The molecule has 0 aliphatic carbocycles. The molecule has 0 N–H and O–H groups in total. The third-order valence-electron chi connectivity index (χ3n) is 4.49. The van der Waals surface area contributed by atoms with Gasteiger partial charge in [0.25, 0.3) is 10.0 Å². The summed E-state index contributed by atoms with van der Waals surface area (Å²) in [5, 5.41) is 0. The maximum atomic E-state index is 13.4. The largest absolute Gasteiger partial charge is 0.497 e. The van der Waals surface area contributed by atoms with Gasteiger partial charge in [-0.05, 0) is 54.3 Å². The van der Waals surface area contributed by atoms with Gasteiger partial charge in [-0.25, -0.2) is 8.42 Å². The van der Waals surface area contributed by atoms with E-state index in [1.165, 1.54) is 4.31 Å². The highest BCUT2D eigenvalue weighted by Crippen LogP contribution is 2.28. The Morgan fingerprint density at radius 1 is 1.00 bits per heavy atom. The van der Waals surface area contributed by atoms with Crippen molar-refractivity contribution in [2.45, 2.75) is 44.4 Å². The number of esters is 1. The predicted octanol–water partition coefficient (Wildman–Crippen LogP) is 4.14. The van der Waals surface area contributed by atoms with Crippen LogP contribution in [0, 0.1) is 0 Å². The molecule has 29 heavy (non-hydrogen) atoms. The number of sulfonamides is 1. The molecule has 0 bridgehead atoms. The molecule has 0 aliphatic rings. The standard InChI is InChI=1S/C22H29NO5S/c1-6-28-21(24)15-16-23(18-9-11-19(27-5)12-10-18)29(25,26)20-13-7-17(8-14-20)22(2,3)4/h7-14H,6,15-16H2,1-5H3. The van der Waals surface area contributed by atoms with Gasteiger partial charge in [0, 0.05) is 6.54 Å². The maximum absolute atomic E-state index is 13.4. The fourth-order valence-electron chi connectivity index (χ4n) is 2.82. The van der Waals surface area contributed by atoms with Crippen LogP contribution in [0.1, 0.15) is 39.7 Å². The van der Waals surface area contributed by atoms with Gasteiger partial charge in [-0.2, -0.15) is 0 Å². The van der Waals surface area contributed by atoms with E-state index < -0.39 is 16.0 Å². The number of carbonyl (C=O) groups is 1. The molecule has 2 aromatic rings. The third kappa shape index (κ3) is 5.73. The van der Waals surface area contributed by atoms with E-state index in [1.807, 2.05) is 12.1 Å². The van der Waals surface area contributed by atoms with Crippen molar-refractivity contribution in [2.24, 2.45) is 0 Å². The minimum atomic E-state index is -3.86. The number of carbonyl (C=O) groups excluding carboxylic acids is 1. The molecule has 7 heteroatoms. The summed E-state index contributed by atoms with van der Waals surface area (Å²) in [5.41, 5.74) is 1.41. The second kappa shape index (κ2) is 9.31. The van der Waals surface area contributed by atoms with Gasteiger partial charge >= 0.3 is 5.97 Å². The smallest absolute Gasteiger partial charge is 0.307 e. The van der Waals surface area contributed by atoms with Crippen molar-refractivity contribution in [3.05, 3.63) is 54.1 Å². The number of anilines is 1. The van der Waals surface area contributed by atoms with Crippen molar-refractivity contribution in [3.63, 3.8) is 0 Å². The van der Waals surface area contributed by atoms with Crippen molar-refractivity contribution < 1.29 is 22.7 Å². The lowest BCUT2D eigenvalue weighted by atomic mass is 9.87. The van der Waals surface area contributed by atoms with Crippen molar-refractivity contribution in [2.75, 3.05) is 24.6 Å². The molecule has 0 amide bonds. The van der Waals surface area contributed by atoms with E-state index >= 15 is 0 Å². The molecule has 0 radical (unpaired) electrons. The summed E-state index contributed by atoms with van der Waals surface area (Å²) >= 11 is 0. The maximum Gasteiger partial charge on any atom is 0.307 e. The molecule has 0 atom stereocenters. The van der Waals surface area contributed by atoms with Gasteiger partial charge in [0.2, 0.25) is 0 Å². The van der Waals surface area contributed by atoms with E-state index in [9.17, 15) is 13.2 Å². The zero-order valence-corrected chi connectivity index (χ0v) is 18.5. The Kier molecular flexibility index (Phi) is 7.30. The van der Waals surface area contributed by atoms with Crippen molar-refractivity contribution in [1.29, 1.82) is 0 Å². The van der Waals surface area contributed by atoms with Crippen molar-refractivity contribution in [3.8, 4) is 5.75 Å². The van der Waals surface area contributed by atoms with Gasteiger partial charge in [-0.1, -0.05) is 32.9 Å². The van der Waals surface area contributed by atoms with Crippen LogP contribution in [0.3, 0.4) is 0 Å². The van der Waals surface area contributed by atoms with Gasteiger partial charge < -0.3 is 9.47 Å². The number of hydrogen-bond acceptors (Lipinski definition) is 5. The molecule has 0 aromatic heterocycles. The SMILES string of the molecule is CCOC(=O)CCN(c1ccc(OC)cc1)S(=O)(=O)c1ccc(C(C)(C)C)cc1. The molecule has 2 aromatic carbocycles. The van der Waals surface area contributed by atoms with E-state index in [0.717, 1.165) is 5.56 Å². The van der Waals surface area contributed by atoms with Crippen LogP contribution in [-0.4, -0.2) is 34.6 Å². The molecular formula is C22H29NO5S. The second-order valence-electron chi connectivity index (χ2n) is 7.60. The number of hydrogen-bond donors (Lipinski definition) is 0. The molecular weight excluding hydrogens is 390 g/mol. The highest BCUT2D eigenvalue weighted by atomic mass is 32.2. The van der Waals surface area contributed by atoms with Crippen LogP contribution in [0.15, 0.2) is 53.4 Å². The Hall–Kier alpha value is -2.54. The van der Waals surface area contributed by atoms with Crippen LogP contribution in [0.25, 0.3) is 0 Å². The average molecular weight is 420 g/mol. The number of ether oxygens (including phenoxy) is 2. The van der Waals surface area contributed by atoms with Gasteiger partial charge in [0.15, 0.2) is 0 Å². The lowest BCUT2D eigenvalue weighted by Gasteiger charge is -2.25. The molecule has 0 unspecified atom stereocenters. The quantitative estimate of drug-likeness (QED) is 0.601. The molecule has 0 heterocycles. The molecule has 2 rings (SSSR count). The summed E-state index contributed by atoms with van der Waals surface area (Å²) in [6, 6.07) is 13.6. The lowest BCUT2D eigenvalue weighted by molar-refractivity contribution is -0.142. The Morgan fingerprint density at radius 2 is 1.59 bits per heavy atom. The lowest BCUT2D eigenvalue weighted by Crippen LogP contribution is -2.33. The topological polar surface area (TPSA) is 72.9 Å². The van der Waals surface area contributed by atoms with Crippen LogP contribution in [0.5, 0.6) is 5.75 Å². The highest BCUT2D eigenvalue weighted by molar-refractivity contribution is 7.92. The van der Waals surface area contributed by atoms with E-state index in [4.69, 9.17) is 9.47 Å². The summed E-state index contributed by atoms with van der Waals surface area (Å²) in [6.07, 6.45) is -0.0425. The Bertz CT molecular complexity index is 913. The first-order valence-electron chi connectivity index (χ1n) is 9.52. The first-order valence-corrected chi connectivity index (χ1v) is 11.0. The molecule has 0 saturated heterocycles. The molecule has 0 fully saturated rings. The van der Waals surface area contributed by atoms with Gasteiger partial charge in [-0.15, -0.1) is 0 Å². The van der Waals surface area contributed by atoms with Crippen LogP contribution in [-0.2, 0) is 25.0 Å². The Labute approximate surface area is 173 Å². The molecule has 0 saturated carbocycles. The number of methoxy groups -OCH3 is 1. The second-order valence-corrected chi connectivity index (χ2v) is 9.47.